The molecule has 21 heavy (non-hydrogen) atoms. The van der Waals surface area contributed by atoms with Crippen LogP contribution in [0, 0.1) is 5.82 Å². The van der Waals surface area contributed by atoms with Crippen molar-refractivity contribution < 1.29 is 9.18 Å². The number of halogens is 1. The van der Waals surface area contributed by atoms with E-state index in [0.29, 0.717) is 5.69 Å². The molecule has 0 saturated carbocycles. The predicted octanol–water partition coefficient (Wildman–Crippen LogP) is 2.43. The van der Waals surface area contributed by atoms with Gasteiger partial charge in [-0.2, -0.15) is 0 Å². The summed E-state index contributed by atoms with van der Waals surface area (Å²) in [6.07, 6.45) is 0. The van der Waals surface area contributed by atoms with E-state index in [1.54, 1.807) is 6.07 Å². The molecule has 0 aliphatic heterocycles. The second-order valence-electron chi connectivity index (χ2n) is 4.67. The van der Waals surface area contributed by atoms with Crippen molar-refractivity contribution in [3.63, 3.8) is 0 Å². The minimum Gasteiger partial charge on any atom is -0.376 e. The normalized spacial score (nSPS) is 10.1. The number of para-hydroxylation sites is 3. The highest BCUT2D eigenvalue weighted by Gasteiger charge is 2.16. The molecule has 0 aromatic heterocycles. The summed E-state index contributed by atoms with van der Waals surface area (Å²) in [5, 5.41) is 2.77. The van der Waals surface area contributed by atoms with E-state index in [2.05, 4.69) is 10.7 Å². The van der Waals surface area contributed by atoms with Gasteiger partial charge in [0.05, 0.1) is 22.6 Å². The first kappa shape index (κ1) is 14.8. The molecule has 0 unspecified atom stereocenters. The Kier molecular flexibility index (Phi) is 4.39. The maximum atomic E-state index is 13.6. The fraction of sp³-hybridized carbons (Fsp3) is 0.133. The number of nitrogens with one attached hydrogen (secondary N) is 2. The first-order valence-corrected chi connectivity index (χ1v) is 6.37. The summed E-state index contributed by atoms with van der Waals surface area (Å²) >= 11 is 0. The van der Waals surface area contributed by atoms with Crippen LogP contribution in [0.15, 0.2) is 42.5 Å². The van der Waals surface area contributed by atoms with Crippen molar-refractivity contribution >= 4 is 23.0 Å². The molecule has 5 nitrogen and oxygen atoms in total. The fourth-order valence-corrected chi connectivity index (χ4v) is 2.02. The van der Waals surface area contributed by atoms with Crippen molar-refractivity contribution in [2.24, 2.45) is 5.84 Å². The van der Waals surface area contributed by atoms with Crippen LogP contribution in [-0.4, -0.2) is 20.0 Å². The van der Waals surface area contributed by atoms with Crippen LogP contribution in [0.3, 0.4) is 0 Å². The number of benzene rings is 2. The highest BCUT2D eigenvalue weighted by molar-refractivity contribution is 6.09. The summed E-state index contributed by atoms with van der Waals surface area (Å²) in [5.41, 5.74) is 3.83. The van der Waals surface area contributed by atoms with E-state index >= 15 is 0 Å². The highest BCUT2D eigenvalue weighted by Crippen LogP contribution is 2.25. The van der Waals surface area contributed by atoms with E-state index in [1.807, 2.05) is 37.2 Å². The number of rotatable bonds is 4. The minimum atomic E-state index is -0.578. The lowest BCUT2D eigenvalue weighted by Crippen LogP contribution is -2.20. The predicted molar refractivity (Wildman–Crippen MR) is 82.9 cm³/mol. The van der Waals surface area contributed by atoms with E-state index in [0.717, 1.165) is 5.69 Å². The van der Waals surface area contributed by atoms with E-state index in [1.165, 1.54) is 18.2 Å². The largest absolute Gasteiger partial charge is 0.376 e. The molecule has 0 saturated heterocycles. The summed E-state index contributed by atoms with van der Waals surface area (Å²) < 4.78 is 13.6. The Bertz CT molecular complexity index is 658. The van der Waals surface area contributed by atoms with Gasteiger partial charge in [-0.15, -0.1) is 0 Å². The van der Waals surface area contributed by atoms with Crippen LogP contribution in [0.1, 0.15) is 10.4 Å². The smallest absolute Gasteiger partial charge is 0.257 e. The third kappa shape index (κ3) is 3.11. The van der Waals surface area contributed by atoms with Crippen molar-refractivity contribution in [3.05, 3.63) is 53.8 Å². The van der Waals surface area contributed by atoms with E-state index < -0.39 is 11.7 Å². The fourth-order valence-electron chi connectivity index (χ4n) is 2.02. The molecule has 0 radical (unpaired) electrons. The zero-order valence-electron chi connectivity index (χ0n) is 11.9. The summed E-state index contributed by atoms with van der Waals surface area (Å²) in [5.74, 6) is 4.27. The van der Waals surface area contributed by atoms with Gasteiger partial charge in [0.2, 0.25) is 0 Å². The molecule has 110 valence electrons. The number of carbonyl (C=O) groups excluding carboxylic acids is 1. The summed E-state index contributed by atoms with van der Waals surface area (Å²) in [4.78, 5) is 14.2. The van der Waals surface area contributed by atoms with Gasteiger partial charge in [-0.1, -0.05) is 18.2 Å². The van der Waals surface area contributed by atoms with Crippen LogP contribution in [0.2, 0.25) is 0 Å². The molecule has 0 aliphatic rings. The lowest BCUT2D eigenvalue weighted by Gasteiger charge is -2.18. The first-order valence-electron chi connectivity index (χ1n) is 6.37. The van der Waals surface area contributed by atoms with Crippen LogP contribution < -0.4 is 21.5 Å². The van der Waals surface area contributed by atoms with Crippen LogP contribution in [0.5, 0.6) is 0 Å². The topological polar surface area (TPSA) is 70.4 Å². The molecule has 4 N–H and O–H groups in total. The quantitative estimate of drug-likeness (QED) is 0.597. The van der Waals surface area contributed by atoms with Gasteiger partial charge in [0, 0.05) is 14.1 Å². The summed E-state index contributed by atoms with van der Waals surface area (Å²) in [6, 6.07) is 11.6. The monoisotopic (exact) mass is 288 g/mol. The molecule has 0 spiro atoms. The van der Waals surface area contributed by atoms with Gasteiger partial charge >= 0.3 is 0 Å². The number of hydrogen-bond donors (Lipinski definition) is 3. The number of nitrogen functional groups attached to an aromatic ring is 1. The summed E-state index contributed by atoms with van der Waals surface area (Å²) in [7, 11) is 3.75. The lowest BCUT2D eigenvalue weighted by molar-refractivity contribution is 0.102. The van der Waals surface area contributed by atoms with Crippen LogP contribution in [0.4, 0.5) is 21.5 Å². The third-order valence-corrected chi connectivity index (χ3v) is 3.04. The molecule has 2 rings (SSSR count). The standard InChI is InChI=1S/C15H17FN4O/c1-20(2)13-9-4-3-8-12(13)18-15(21)10-6-5-7-11(16)14(10)19-17/h3-9,19H,17H2,1-2H3,(H,18,21). The molecule has 2 aromatic rings. The highest BCUT2D eigenvalue weighted by atomic mass is 19.1. The Labute approximate surface area is 122 Å². The van der Waals surface area contributed by atoms with Crippen molar-refractivity contribution in [2.45, 2.75) is 0 Å². The number of amides is 1. The maximum Gasteiger partial charge on any atom is 0.257 e. The average Bonchev–Trinajstić information content (AvgIpc) is 2.47. The van der Waals surface area contributed by atoms with Gasteiger partial charge in [0.25, 0.3) is 5.91 Å². The number of carbonyl (C=O) groups is 1. The number of hydrazine groups is 1. The lowest BCUT2D eigenvalue weighted by atomic mass is 10.1. The number of nitrogens with two attached hydrogens (primary N) is 1. The molecular weight excluding hydrogens is 271 g/mol. The average molecular weight is 288 g/mol. The van der Waals surface area contributed by atoms with Crippen LogP contribution in [-0.2, 0) is 0 Å². The van der Waals surface area contributed by atoms with Crippen molar-refractivity contribution in [1.29, 1.82) is 0 Å². The van der Waals surface area contributed by atoms with Crippen LogP contribution >= 0.6 is 0 Å². The number of anilines is 3. The van der Waals surface area contributed by atoms with Gasteiger partial charge in [0.15, 0.2) is 0 Å². The molecule has 1 amide bonds. The molecule has 0 bridgehead atoms. The maximum absolute atomic E-state index is 13.6. The van der Waals surface area contributed by atoms with Crippen LogP contribution in [0.25, 0.3) is 0 Å². The van der Waals surface area contributed by atoms with Crippen molar-refractivity contribution in [1.82, 2.24) is 0 Å². The van der Waals surface area contributed by atoms with Gasteiger partial charge in [-0.25, -0.2) is 4.39 Å². The van der Waals surface area contributed by atoms with Gasteiger partial charge in [-0.3, -0.25) is 10.6 Å². The Morgan fingerprint density at radius 1 is 1.14 bits per heavy atom. The Balaban J connectivity index is 2.33. The van der Waals surface area contributed by atoms with Gasteiger partial charge < -0.3 is 15.6 Å². The summed E-state index contributed by atoms with van der Waals surface area (Å²) in [6.45, 7) is 0. The molecule has 6 heteroatoms. The molecule has 0 fully saturated rings. The second-order valence-corrected chi connectivity index (χ2v) is 4.67. The Hall–Kier alpha value is -2.60. The number of hydrogen-bond acceptors (Lipinski definition) is 4. The number of nitrogens with zero attached hydrogens (tertiary/aromatic N) is 1. The Morgan fingerprint density at radius 3 is 2.52 bits per heavy atom. The first-order chi connectivity index (χ1) is 10.0. The van der Waals surface area contributed by atoms with E-state index in [-0.39, 0.29) is 11.3 Å². The zero-order chi connectivity index (χ0) is 15.4. The van der Waals surface area contributed by atoms with Gasteiger partial charge in [0.1, 0.15) is 5.82 Å². The second kappa shape index (κ2) is 6.23. The molecule has 2 aromatic carbocycles. The van der Waals surface area contributed by atoms with Crippen molar-refractivity contribution in [2.75, 3.05) is 29.7 Å². The Morgan fingerprint density at radius 2 is 1.86 bits per heavy atom. The molecule has 0 atom stereocenters. The SMILES string of the molecule is CN(C)c1ccccc1NC(=O)c1cccc(F)c1NN. The molecular formula is C15H17FN4O. The zero-order valence-corrected chi connectivity index (χ0v) is 11.9. The molecule has 0 heterocycles. The van der Waals surface area contributed by atoms with E-state index in [9.17, 15) is 9.18 Å². The molecule has 0 aliphatic carbocycles. The van der Waals surface area contributed by atoms with Crippen molar-refractivity contribution in [3.8, 4) is 0 Å². The third-order valence-electron chi connectivity index (χ3n) is 3.04. The minimum absolute atomic E-state index is 0.0302. The van der Waals surface area contributed by atoms with Gasteiger partial charge in [-0.05, 0) is 24.3 Å². The van der Waals surface area contributed by atoms with E-state index in [4.69, 9.17) is 5.84 Å².